The molecule has 1 heterocycles. The van der Waals surface area contributed by atoms with Crippen LogP contribution in [0.5, 0.6) is 0 Å². The Kier molecular flexibility index (Phi) is 4.01. The van der Waals surface area contributed by atoms with Gasteiger partial charge in [0.1, 0.15) is 0 Å². The quantitative estimate of drug-likeness (QED) is 0.534. The fraction of sp³-hybridized carbons (Fsp3) is 0.150. The summed E-state index contributed by atoms with van der Waals surface area (Å²) in [5.74, 6) is 0. The summed E-state index contributed by atoms with van der Waals surface area (Å²) in [4.78, 5) is 23.6. The molecule has 26 heavy (non-hydrogen) atoms. The van der Waals surface area contributed by atoms with Crippen molar-refractivity contribution in [3.05, 3.63) is 98.5 Å². The van der Waals surface area contributed by atoms with Gasteiger partial charge in [-0.2, -0.15) is 0 Å². The van der Waals surface area contributed by atoms with Gasteiger partial charge in [0.05, 0.1) is 22.4 Å². The van der Waals surface area contributed by atoms with Gasteiger partial charge in [0.25, 0.3) is 5.56 Å². The van der Waals surface area contributed by atoms with Crippen LogP contribution in [0.3, 0.4) is 0 Å². The second-order valence-corrected chi connectivity index (χ2v) is 6.25. The monoisotopic (exact) mass is 347 g/mol. The predicted octanol–water partition coefficient (Wildman–Crippen LogP) is 3.65. The van der Waals surface area contributed by atoms with Gasteiger partial charge < -0.3 is 0 Å². The topological polar surface area (TPSA) is 70.1 Å². The largest absolute Gasteiger partial charge is 0.278 e. The molecule has 0 saturated carbocycles. The standard InChI is InChI=1S/C20H17N3O3/c24-20-18-8-4-5-9-19(18)21(14-15-6-2-1-3-7-15)22(20)16-10-12-17(13-11-16)23(25)26/h1-10,12H,11,13-14H2. The average molecular weight is 347 g/mol. The van der Waals surface area contributed by atoms with Crippen LogP contribution in [0, 0.1) is 10.1 Å². The third-order valence-corrected chi connectivity index (χ3v) is 4.63. The van der Waals surface area contributed by atoms with E-state index in [4.69, 9.17) is 0 Å². The summed E-state index contributed by atoms with van der Waals surface area (Å²) >= 11 is 0. The normalized spacial score (nSPS) is 14.2. The van der Waals surface area contributed by atoms with Crippen LogP contribution in [0.1, 0.15) is 18.4 Å². The zero-order valence-electron chi connectivity index (χ0n) is 14.0. The zero-order valence-corrected chi connectivity index (χ0v) is 14.0. The lowest BCUT2D eigenvalue weighted by atomic mass is 10.1. The molecule has 0 fully saturated rings. The average Bonchev–Trinajstić information content (AvgIpc) is 2.95. The number of allylic oxidation sites excluding steroid dienone is 4. The van der Waals surface area contributed by atoms with Crippen LogP contribution in [0.4, 0.5) is 0 Å². The molecule has 2 aromatic carbocycles. The summed E-state index contributed by atoms with van der Waals surface area (Å²) in [5, 5.41) is 11.6. The molecule has 1 aliphatic rings. The fourth-order valence-electron chi connectivity index (χ4n) is 3.35. The van der Waals surface area contributed by atoms with E-state index in [-0.39, 0.29) is 16.2 Å². The first-order chi connectivity index (χ1) is 12.6. The molecule has 0 radical (unpaired) electrons. The SMILES string of the molecule is O=c1c2ccccc2n(Cc2ccccc2)n1C1=CC=C([N+](=O)[O-])CC1. The molecule has 0 unspecified atom stereocenters. The molecule has 130 valence electrons. The van der Waals surface area contributed by atoms with Gasteiger partial charge in [-0.3, -0.25) is 19.6 Å². The van der Waals surface area contributed by atoms with Crippen molar-refractivity contribution in [1.82, 2.24) is 9.36 Å². The summed E-state index contributed by atoms with van der Waals surface area (Å²) in [6, 6.07) is 17.4. The van der Waals surface area contributed by atoms with Gasteiger partial charge in [0.2, 0.25) is 5.70 Å². The molecule has 6 heteroatoms. The van der Waals surface area contributed by atoms with E-state index >= 15 is 0 Å². The lowest BCUT2D eigenvalue weighted by Crippen LogP contribution is -2.24. The maximum atomic E-state index is 13.0. The Labute approximate surface area is 149 Å². The van der Waals surface area contributed by atoms with E-state index < -0.39 is 0 Å². The fourth-order valence-corrected chi connectivity index (χ4v) is 3.35. The molecule has 3 aromatic rings. The molecular weight excluding hydrogens is 330 g/mol. The third kappa shape index (κ3) is 2.75. The molecule has 6 nitrogen and oxygen atoms in total. The Bertz CT molecular complexity index is 1100. The smallest absolute Gasteiger partial charge is 0.273 e. The Balaban J connectivity index is 1.89. The van der Waals surface area contributed by atoms with E-state index in [2.05, 4.69) is 0 Å². The first-order valence-corrected chi connectivity index (χ1v) is 8.44. The molecule has 4 rings (SSSR count). The van der Waals surface area contributed by atoms with Gasteiger partial charge in [0.15, 0.2) is 0 Å². The van der Waals surface area contributed by atoms with E-state index in [0.717, 1.165) is 16.8 Å². The lowest BCUT2D eigenvalue weighted by Gasteiger charge is -2.17. The van der Waals surface area contributed by atoms with Crippen LogP contribution in [0.2, 0.25) is 0 Å². The predicted molar refractivity (Wildman–Crippen MR) is 100 cm³/mol. The van der Waals surface area contributed by atoms with Crippen molar-refractivity contribution in [2.24, 2.45) is 0 Å². The van der Waals surface area contributed by atoms with E-state index in [1.807, 2.05) is 59.3 Å². The first kappa shape index (κ1) is 16.1. The molecular formula is C20H17N3O3. The zero-order chi connectivity index (χ0) is 18.1. The summed E-state index contributed by atoms with van der Waals surface area (Å²) in [5.41, 5.74) is 2.78. The van der Waals surface area contributed by atoms with Crippen LogP contribution in [-0.2, 0) is 6.54 Å². The Morgan fingerprint density at radius 2 is 1.69 bits per heavy atom. The minimum Gasteiger partial charge on any atom is -0.273 e. The van der Waals surface area contributed by atoms with E-state index in [0.29, 0.717) is 24.8 Å². The molecule has 0 N–H and O–H groups in total. The van der Waals surface area contributed by atoms with Crippen molar-refractivity contribution in [2.45, 2.75) is 19.4 Å². The number of nitro groups is 1. The Hall–Kier alpha value is -3.41. The van der Waals surface area contributed by atoms with Gasteiger partial charge in [-0.25, -0.2) is 4.68 Å². The number of hydrogen-bond acceptors (Lipinski definition) is 3. The van der Waals surface area contributed by atoms with Crippen LogP contribution < -0.4 is 5.56 Å². The van der Waals surface area contributed by atoms with Crippen LogP contribution in [-0.4, -0.2) is 14.3 Å². The Morgan fingerprint density at radius 1 is 0.962 bits per heavy atom. The minimum absolute atomic E-state index is 0.0965. The summed E-state index contributed by atoms with van der Waals surface area (Å²) < 4.78 is 3.61. The number of para-hydroxylation sites is 1. The number of hydrogen-bond donors (Lipinski definition) is 0. The van der Waals surface area contributed by atoms with Gasteiger partial charge in [-0.05, 0) is 30.2 Å². The molecule has 0 spiro atoms. The van der Waals surface area contributed by atoms with Crippen LogP contribution >= 0.6 is 0 Å². The number of nitrogens with zero attached hydrogens (tertiary/aromatic N) is 3. The molecule has 0 amide bonds. The van der Waals surface area contributed by atoms with Crippen molar-refractivity contribution < 1.29 is 4.92 Å². The summed E-state index contributed by atoms with van der Waals surface area (Å²) in [6.45, 7) is 0.548. The lowest BCUT2D eigenvalue weighted by molar-refractivity contribution is -0.428. The summed E-state index contributed by atoms with van der Waals surface area (Å²) in [6.07, 6.45) is 3.95. The number of rotatable bonds is 4. The summed E-state index contributed by atoms with van der Waals surface area (Å²) in [7, 11) is 0. The van der Waals surface area contributed by atoms with Crippen molar-refractivity contribution in [2.75, 3.05) is 0 Å². The number of aromatic nitrogens is 2. The van der Waals surface area contributed by atoms with Crippen LogP contribution in [0.15, 0.2) is 77.2 Å². The van der Waals surface area contributed by atoms with Gasteiger partial charge in [0, 0.05) is 18.2 Å². The molecule has 0 bridgehead atoms. The first-order valence-electron chi connectivity index (χ1n) is 8.44. The van der Waals surface area contributed by atoms with Gasteiger partial charge in [-0.15, -0.1) is 0 Å². The number of fused-ring (bicyclic) bond motifs is 1. The van der Waals surface area contributed by atoms with Gasteiger partial charge in [-0.1, -0.05) is 42.5 Å². The Morgan fingerprint density at radius 3 is 2.38 bits per heavy atom. The number of benzene rings is 2. The molecule has 0 atom stereocenters. The van der Waals surface area contributed by atoms with Crippen molar-refractivity contribution in [1.29, 1.82) is 0 Å². The van der Waals surface area contributed by atoms with E-state index in [9.17, 15) is 14.9 Å². The third-order valence-electron chi connectivity index (χ3n) is 4.63. The molecule has 0 aliphatic heterocycles. The van der Waals surface area contributed by atoms with E-state index in [1.54, 1.807) is 10.8 Å². The van der Waals surface area contributed by atoms with Crippen molar-refractivity contribution in [3.63, 3.8) is 0 Å². The van der Waals surface area contributed by atoms with Crippen LogP contribution in [0.25, 0.3) is 16.6 Å². The van der Waals surface area contributed by atoms with Gasteiger partial charge >= 0.3 is 0 Å². The van der Waals surface area contributed by atoms with E-state index in [1.165, 1.54) is 6.08 Å². The highest BCUT2D eigenvalue weighted by molar-refractivity contribution is 5.80. The highest BCUT2D eigenvalue weighted by Gasteiger charge is 2.21. The second kappa shape index (κ2) is 6.48. The highest BCUT2D eigenvalue weighted by Crippen LogP contribution is 2.24. The maximum Gasteiger partial charge on any atom is 0.278 e. The second-order valence-electron chi connectivity index (χ2n) is 6.25. The highest BCUT2D eigenvalue weighted by atomic mass is 16.6. The molecule has 1 aromatic heterocycles. The molecule has 1 aliphatic carbocycles. The van der Waals surface area contributed by atoms with Crippen molar-refractivity contribution >= 4 is 16.6 Å². The maximum absolute atomic E-state index is 13.0. The molecule has 0 saturated heterocycles. The minimum atomic E-state index is -0.366. The van der Waals surface area contributed by atoms with Crippen molar-refractivity contribution in [3.8, 4) is 0 Å².